The van der Waals surface area contributed by atoms with Crippen LogP contribution >= 0.6 is 11.8 Å². The van der Waals surface area contributed by atoms with Crippen LogP contribution in [0.3, 0.4) is 0 Å². The van der Waals surface area contributed by atoms with Gasteiger partial charge in [-0.1, -0.05) is 18.2 Å². The van der Waals surface area contributed by atoms with E-state index in [1.54, 1.807) is 6.07 Å². The molecule has 0 fully saturated rings. The fraction of sp³-hybridized carbons (Fsp3) is 0.0769. The number of nitrogen functional groups attached to an aromatic ring is 1. The monoisotopic (exact) mass is 251 g/mol. The molecule has 0 radical (unpaired) electrons. The van der Waals surface area contributed by atoms with Crippen LogP contribution in [-0.2, 0) is 5.75 Å². The largest absolute Gasteiger partial charge is 0.398 e. The van der Waals surface area contributed by atoms with Gasteiger partial charge in [0.2, 0.25) is 0 Å². The Balaban J connectivity index is 2.08. The summed E-state index contributed by atoms with van der Waals surface area (Å²) in [4.78, 5) is 0.942. The third-order valence-electron chi connectivity index (χ3n) is 2.30. The molecule has 88 valence electrons. The highest BCUT2D eigenvalue weighted by molar-refractivity contribution is 7.98. The number of anilines is 1. The van der Waals surface area contributed by atoms with Crippen LogP contribution in [0.5, 0.6) is 0 Å². The molecule has 2 N–H and O–H groups in total. The van der Waals surface area contributed by atoms with Gasteiger partial charge in [0.25, 0.3) is 0 Å². The molecule has 4 heteroatoms. The predicted octanol–water partition coefficient (Wildman–Crippen LogP) is 3.84. The molecular weight excluding hydrogens is 240 g/mol. The van der Waals surface area contributed by atoms with Crippen LogP contribution in [0.4, 0.5) is 14.5 Å². The van der Waals surface area contributed by atoms with E-state index in [0.29, 0.717) is 11.4 Å². The minimum Gasteiger partial charge on any atom is -0.398 e. The van der Waals surface area contributed by atoms with Crippen molar-refractivity contribution in [3.63, 3.8) is 0 Å². The number of para-hydroxylation sites is 1. The van der Waals surface area contributed by atoms with E-state index in [-0.39, 0.29) is 0 Å². The number of halogens is 2. The Bertz CT molecular complexity index is 529. The lowest BCUT2D eigenvalue weighted by Crippen LogP contribution is -1.90. The SMILES string of the molecule is Nc1ccccc1SCc1ccc(F)c(F)c1. The summed E-state index contributed by atoms with van der Waals surface area (Å²) in [6, 6.07) is 11.4. The second-order valence-corrected chi connectivity index (χ2v) is 4.59. The molecule has 0 aliphatic rings. The van der Waals surface area contributed by atoms with Gasteiger partial charge in [0, 0.05) is 16.3 Å². The normalized spacial score (nSPS) is 10.5. The summed E-state index contributed by atoms with van der Waals surface area (Å²) in [5.74, 6) is -1.08. The van der Waals surface area contributed by atoms with Crippen LogP contribution in [0.2, 0.25) is 0 Å². The molecule has 0 atom stereocenters. The van der Waals surface area contributed by atoms with Gasteiger partial charge in [-0.15, -0.1) is 11.8 Å². The van der Waals surface area contributed by atoms with Gasteiger partial charge in [0.15, 0.2) is 11.6 Å². The van der Waals surface area contributed by atoms with E-state index < -0.39 is 11.6 Å². The van der Waals surface area contributed by atoms with Crippen LogP contribution in [0.1, 0.15) is 5.56 Å². The summed E-state index contributed by atoms with van der Waals surface area (Å²) in [5.41, 5.74) is 7.21. The standard InChI is InChI=1S/C13H11F2NS/c14-10-6-5-9(7-11(10)15)8-17-13-4-2-1-3-12(13)16/h1-7H,8,16H2. The van der Waals surface area contributed by atoms with Crippen LogP contribution < -0.4 is 5.73 Å². The number of benzene rings is 2. The van der Waals surface area contributed by atoms with E-state index in [9.17, 15) is 8.78 Å². The molecule has 0 unspecified atom stereocenters. The highest BCUT2D eigenvalue weighted by atomic mass is 32.2. The average molecular weight is 251 g/mol. The van der Waals surface area contributed by atoms with Gasteiger partial charge in [-0.05, 0) is 29.8 Å². The fourth-order valence-electron chi connectivity index (χ4n) is 1.40. The second-order valence-electron chi connectivity index (χ2n) is 3.57. The number of hydrogen-bond acceptors (Lipinski definition) is 2. The highest BCUT2D eigenvalue weighted by Gasteiger charge is 2.04. The number of nitrogens with two attached hydrogens (primary N) is 1. The van der Waals surface area contributed by atoms with Crippen molar-refractivity contribution < 1.29 is 8.78 Å². The highest BCUT2D eigenvalue weighted by Crippen LogP contribution is 2.27. The fourth-order valence-corrected chi connectivity index (χ4v) is 2.31. The lowest BCUT2D eigenvalue weighted by molar-refractivity contribution is 0.507. The third-order valence-corrected chi connectivity index (χ3v) is 3.46. The molecule has 0 bridgehead atoms. The van der Waals surface area contributed by atoms with Crippen LogP contribution in [0.25, 0.3) is 0 Å². The molecule has 0 amide bonds. The first-order valence-corrected chi connectivity index (χ1v) is 6.06. The van der Waals surface area contributed by atoms with E-state index in [2.05, 4.69) is 0 Å². The van der Waals surface area contributed by atoms with E-state index in [1.807, 2.05) is 24.3 Å². The summed E-state index contributed by atoms with van der Waals surface area (Å²) >= 11 is 1.50. The van der Waals surface area contributed by atoms with Gasteiger partial charge >= 0.3 is 0 Å². The molecule has 0 heterocycles. The van der Waals surface area contributed by atoms with Crippen molar-refractivity contribution in [1.82, 2.24) is 0 Å². The first kappa shape index (κ1) is 11.9. The van der Waals surface area contributed by atoms with Crippen molar-refractivity contribution >= 4 is 17.4 Å². The Kier molecular flexibility index (Phi) is 3.64. The second kappa shape index (κ2) is 5.19. The van der Waals surface area contributed by atoms with Crippen LogP contribution in [0.15, 0.2) is 47.4 Å². The number of thioether (sulfide) groups is 1. The lowest BCUT2D eigenvalue weighted by atomic mass is 10.2. The van der Waals surface area contributed by atoms with Crippen molar-refractivity contribution in [3.8, 4) is 0 Å². The van der Waals surface area contributed by atoms with E-state index in [0.717, 1.165) is 16.5 Å². The minimum atomic E-state index is -0.821. The summed E-state index contributed by atoms with van der Waals surface area (Å²) in [7, 11) is 0. The smallest absolute Gasteiger partial charge is 0.159 e. The average Bonchev–Trinajstić information content (AvgIpc) is 2.32. The maximum atomic E-state index is 13.0. The van der Waals surface area contributed by atoms with Gasteiger partial charge in [0.05, 0.1) is 0 Å². The maximum absolute atomic E-state index is 13.0. The Morgan fingerprint density at radius 1 is 1.00 bits per heavy atom. The molecule has 0 saturated heterocycles. The Labute approximate surface area is 103 Å². The van der Waals surface area contributed by atoms with Gasteiger partial charge in [-0.25, -0.2) is 8.78 Å². The predicted molar refractivity (Wildman–Crippen MR) is 66.8 cm³/mol. The molecule has 0 aliphatic heterocycles. The summed E-state index contributed by atoms with van der Waals surface area (Å²) < 4.78 is 25.7. The molecule has 1 nitrogen and oxygen atoms in total. The molecule has 0 aliphatic carbocycles. The Hall–Kier alpha value is -1.55. The van der Waals surface area contributed by atoms with E-state index in [4.69, 9.17) is 5.73 Å². The van der Waals surface area contributed by atoms with Gasteiger partial charge in [-0.3, -0.25) is 0 Å². The van der Waals surface area contributed by atoms with Gasteiger partial charge in [-0.2, -0.15) is 0 Å². The molecule has 0 spiro atoms. The third kappa shape index (κ3) is 2.97. The first-order chi connectivity index (χ1) is 8.16. The van der Waals surface area contributed by atoms with Crippen molar-refractivity contribution in [1.29, 1.82) is 0 Å². The van der Waals surface area contributed by atoms with Gasteiger partial charge < -0.3 is 5.73 Å². The molecule has 2 rings (SSSR count). The quantitative estimate of drug-likeness (QED) is 0.662. The van der Waals surface area contributed by atoms with Crippen molar-refractivity contribution in [2.45, 2.75) is 10.6 Å². The number of hydrogen-bond donors (Lipinski definition) is 1. The lowest BCUT2D eigenvalue weighted by Gasteiger charge is -2.05. The van der Waals surface area contributed by atoms with Crippen molar-refractivity contribution in [2.24, 2.45) is 0 Å². The van der Waals surface area contributed by atoms with Gasteiger partial charge in [0.1, 0.15) is 0 Å². The first-order valence-electron chi connectivity index (χ1n) is 5.08. The van der Waals surface area contributed by atoms with E-state index in [1.165, 1.54) is 17.8 Å². The summed E-state index contributed by atoms with van der Waals surface area (Å²) in [6.45, 7) is 0. The number of rotatable bonds is 3. The molecular formula is C13H11F2NS. The molecule has 17 heavy (non-hydrogen) atoms. The van der Waals surface area contributed by atoms with E-state index >= 15 is 0 Å². The van der Waals surface area contributed by atoms with Crippen molar-refractivity contribution in [2.75, 3.05) is 5.73 Å². The molecule has 2 aromatic rings. The zero-order chi connectivity index (χ0) is 12.3. The zero-order valence-electron chi connectivity index (χ0n) is 8.99. The zero-order valence-corrected chi connectivity index (χ0v) is 9.81. The van der Waals surface area contributed by atoms with Crippen molar-refractivity contribution in [3.05, 3.63) is 59.7 Å². The van der Waals surface area contributed by atoms with Crippen LogP contribution in [0, 0.1) is 11.6 Å². The Morgan fingerprint density at radius 3 is 2.47 bits per heavy atom. The molecule has 2 aromatic carbocycles. The Morgan fingerprint density at radius 2 is 1.76 bits per heavy atom. The topological polar surface area (TPSA) is 26.0 Å². The summed E-state index contributed by atoms with van der Waals surface area (Å²) in [6.07, 6.45) is 0. The summed E-state index contributed by atoms with van der Waals surface area (Å²) in [5, 5.41) is 0. The minimum absolute atomic E-state index is 0.561. The van der Waals surface area contributed by atoms with Crippen LogP contribution in [-0.4, -0.2) is 0 Å². The molecule has 0 aromatic heterocycles. The molecule has 0 saturated carbocycles. The maximum Gasteiger partial charge on any atom is 0.159 e.